The van der Waals surface area contributed by atoms with Crippen molar-refractivity contribution in [3.05, 3.63) is 45.0 Å². The number of amides is 1. The molecule has 1 amide bonds. The number of thioether (sulfide) groups is 1. The first-order valence-corrected chi connectivity index (χ1v) is 10.6. The van der Waals surface area contributed by atoms with Crippen LogP contribution in [0, 0.1) is 20.8 Å². The zero-order chi connectivity index (χ0) is 21.3. The first kappa shape index (κ1) is 21.0. The molecule has 8 heteroatoms. The molecule has 0 fully saturated rings. The number of carbonyl (C=O) groups is 2. The molecule has 3 rings (SSSR count). The van der Waals surface area contributed by atoms with Gasteiger partial charge in [0.05, 0.1) is 12.0 Å². The van der Waals surface area contributed by atoms with Gasteiger partial charge >= 0.3 is 5.63 Å². The summed E-state index contributed by atoms with van der Waals surface area (Å²) in [4.78, 5) is 35.7. The lowest BCUT2D eigenvalue weighted by Crippen LogP contribution is -2.49. The maximum absolute atomic E-state index is 12.5. The second kappa shape index (κ2) is 8.32. The summed E-state index contributed by atoms with van der Waals surface area (Å²) in [6.07, 6.45) is 1.86. The van der Waals surface area contributed by atoms with E-state index in [9.17, 15) is 19.5 Å². The van der Waals surface area contributed by atoms with Gasteiger partial charge < -0.3 is 24.1 Å². The van der Waals surface area contributed by atoms with Crippen molar-refractivity contribution < 1.29 is 23.5 Å². The van der Waals surface area contributed by atoms with Gasteiger partial charge in [0.2, 0.25) is 5.91 Å². The van der Waals surface area contributed by atoms with Crippen molar-refractivity contribution in [1.82, 2.24) is 5.32 Å². The van der Waals surface area contributed by atoms with E-state index in [2.05, 4.69) is 5.32 Å². The number of hydrogen-bond donors (Lipinski definition) is 1. The van der Waals surface area contributed by atoms with Crippen LogP contribution in [0.15, 0.2) is 25.8 Å². The van der Waals surface area contributed by atoms with Gasteiger partial charge in [0.25, 0.3) is 0 Å². The number of rotatable bonds is 7. The average Bonchev–Trinajstić information content (AvgIpc) is 2.93. The number of nitrogens with one attached hydrogen (secondary N) is 1. The Bertz CT molecular complexity index is 1160. The number of furan rings is 1. The van der Waals surface area contributed by atoms with Crippen LogP contribution in [0.2, 0.25) is 0 Å². The molecule has 3 aromatic rings. The van der Waals surface area contributed by atoms with Crippen LogP contribution in [-0.2, 0) is 16.0 Å². The van der Waals surface area contributed by atoms with Crippen molar-refractivity contribution in [1.29, 1.82) is 0 Å². The molecule has 0 saturated carbocycles. The molecule has 7 nitrogen and oxygen atoms in total. The topological polar surface area (TPSA) is 113 Å². The summed E-state index contributed by atoms with van der Waals surface area (Å²) in [6.45, 7) is 5.66. The number of hydrogen-bond acceptors (Lipinski definition) is 7. The molecule has 0 aliphatic carbocycles. The summed E-state index contributed by atoms with van der Waals surface area (Å²) in [7, 11) is 0. The number of carboxylic acids is 1. The van der Waals surface area contributed by atoms with Crippen LogP contribution < -0.4 is 16.0 Å². The Morgan fingerprint density at radius 2 is 1.76 bits per heavy atom. The number of aliphatic carboxylic acids is 1. The van der Waals surface area contributed by atoms with Crippen molar-refractivity contribution >= 4 is 45.6 Å². The van der Waals surface area contributed by atoms with Gasteiger partial charge in [-0.3, -0.25) is 4.79 Å². The van der Waals surface area contributed by atoms with Gasteiger partial charge in [-0.25, -0.2) is 4.79 Å². The third-order valence-electron chi connectivity index (χ3n) is 5.14. The Kier molecular flexibility index (Phi) is 6.02. The summed E-state index contributed by atoms with van der Waals surface area (Å²) in [5.41, 5.74) is 2.74. The van der Waals surface area contributed by atoms with Crippen LogP contribution in [0.25, 0.3) is 21.9 Å². The molecular formula is C21H22NO6S-. The summed E-state index contributed by atoms with van der Waals surface area (Å²) in [6, 6.07) is 2.58. The third-order valence-corrected chi connectivity index (χ3v) is 5.80. The minimum atomic E-state index is -1.33. The number of carbonyl (C=O) groups excluding carboxylic acids is 2. The van der Waals surface area contributed by atoms with Crippen molar-refractivity contribution in [3.8, 4) is 0 Å². The highest BCUT2D eigenvalue weighted by Crippen LogP contribution is 2.31. The fraction of sp³-hybridized carbons (Fsp3) is 0.381. The molecule has 1 aromatic carbocycles. The molecule has 0 bridgehead atoms. The van der Waals surface area contributed by atoms with Gasteiger partial charge in [0.15, 0.2) is 0 Å². The smallest absolute Gasteiger partial charge is 0.339 e. The highest BCUT2D eigenvalue weighted by Gasteiger charge is 2.18. The zero-order valence-corrected chi connectivity index (χ0v) is 17.5. The van der Waals surface area contributed by atoms with Gasteiger partial charge in [-0.05, 0) is 50.6 Å². The monoisotopic (exact) mass is 416 g/mol. The molecule has 1 N–H and O–H groups in total. The molecule has 154 valence electrons. The molecule has 0 radical (unpaired) electrons. The van der Waals surface area contributed by atoms with E-state index < -0.39 is 23.5 Å². The van der Waals surface area contributed by atoms with Crippen LogP contribution in [0.4, 0.5) is 0 Å². The van der Waals surface area contributed by atoms with Crippen LogP contribution in [-0.4, -0.2) is 29.9 Å². The average molecular weight is 416 g/mol. The minimum Gasteiger partial charge on any atom is -0.548 e. The Morgan fingerprint density at radius 3 is 2.41 bits per heavy atom. The summed E-state index contributed by atoms with van der Waals surface area (Å²) in [5.74, 6) is -0.766. The molecule has 0 unspecified atom stereocenters. The minimum absolute atomic E-state index is 0.0264. The van der Waals surface area contributed by atoms with E-state index in [1.165, 1.54) is 11.8 Å². The van der Waals surface area contributed by atoms with Gasteiger partial charge in [0, 0.05) is 34.6 Å². The predicted molar refractivity (Wildman–Crippen MR) is 110 cm³/mol. The first-order valence-electron chi connectivity index (χ1n) is 9.18. The Balaban J connectivity index is 1.88. The maximum atomic E-state index is 12.5. The van der Waals surface area contributed by atoms with E-state index in [4.69, 9.17) is 8.83 Å². The van der Waals surface area contributed by atoms with Gasteiger partial charge in [0.1, 0.15) is 16.9 Å². The molecule has 0 aliphatic rings. The summed E-state index contributed by atoms with van der Waals surface area (Å²) < 4.78 is 11.2. The second-order valence-corrected chi connectivity index (χ2v) is 7.93. The van der Waals surface area contributed by atoms with Crippen LogP contribution in [0.1, 0.15) is 28.9 Å². The normalized spacial score (nSPS) is 12.4. The molecule has 2 aromatic heterocycles. The molecule has 29 heavy (non-hydrogen) atoms. The highest BCUT2D eigenvalue weighted by molar-refractivity contribution is 7.98. The van der Waals surface area contributed by atoms with Gasteiger partial charge in [-0.15, -0.1) is 0 Å². The predicted octanol–water partition coefficient (Wildman–Crippen LogP) is 1.99. The Morgan fingerprint density at radius 1 is 1.10 bits per heavy atom. The van der Waals surface area contributed by atoms with Crippen molar-refractivity contribution in [3.63, 3.8) is 0 Å². The standard InChI is InChI=1S/C21H23NO6S/c1-10-12(3)27-17-8-18-15(7-14(10)17)11(2)13(21(26)28-18)5-6-19(23)22-16(9-29-4)20(24)25/h7-8,16H,5-6,9H2,1-4H3,(H,22,23)(H,24,25)/p-1/t16-/m0/s1. The first-order chi connectivity index (χ1) is 13.7. The van der Waals surface area contributed by atoms with Crippen molar-refractivity contribution in [2.75, 3.05) is 12.0 Å². The number of aryl methyl sites for hydroxylation is 3. The van der Waals surface area contributed by atoms with Gasteiger partial charge in [-0.1, -0.05) is 0 Å². The molecule has 0 saturated heterocycles. The number of fused-ring (bicyclic) bond motifs is 2. The van der Waals surface area contributed by atoms with E-state index in [0.717, 1.165) is 27.7 Å². The maximum Gasteiger partial charge on any atom is 0.339 e. The molecule has 1 atom stereocenters. The Labute approximate surface area is 171 Å². The van der Waals surface area contributed by atoms with Crippen LogP contribution in [0.5, 0.6) is 0 Å². The zero-order valence-electron chi connectivity index (χ0n) is 16.7. The number of benzene rings is 1. The number of carboxylic acid groups (broad SMARTS) is 1. The van der Waals surface area contributed by atoms with Crippen LogP contribution >= 0.6 is 11.8 Å². The van der Waals surface area contributed by atoms with Crippen molar-refractivity contribution in [2.24, 2.45) is 0 Å². The van der Waals surface area contributed by atoms with Gasteiger partial charge in [-0.2, -0.15) is 11.8 Å². The molecule has 0 spiro atoms. The third kappa shape index (κ3) is 4.17. The van der Waals surface area contributed by atoms with E-state index in [1.807, 2.05) is 26.8 Å². The molecule has 0 aliphatic heterocycles. The lowest BCUT2D eigenvalue weighted by Gasteiger charge is -2.18. The quantitative estimate of drug-likeness (QED) is 0.586. The van der Waals surface area contributed by atoms with Crippen molar-refractivity contribution in [2.45, 2.75) is 39.7 Å². The SMILES string of the molecule is CSC[C@H](NC(=O)CCc1c(C)c2cc3c(C)c(C)oc3cc2oc1=O)C(=O)[O-]. The lowest BCUT2D eigenvalue weighted by atomic mass is 10.0. The van der Waals surface area contributed by atoms with E-state index in [-0.39, 0.29) is 18.6 Å². The van der Waals surface area contributed by atoms with E-state index >= 15 is 0 Å². The molecule has 2 heterocycles. The Hall–Kier alpha value is -2.74. The largest absolute Gasteiger partial charge is 0.548 e. The second-order valence-electron chi connectivity index (χ2n) is 7.02. The van der Waals surface area contributed by atoms with Crippen LogP contribution in [0.3, 0.4) is 0 Å². The lowest BCUT2D eigenvalue weighted by molar-refractivity contribution is -0.307. The summed E-state index contributed by atoms with van der Waals surface area (Å²) >= 11 is 1.30. The fourth-order valence-electron chi connectivity index (χ4n) is 3.35. The fourth-order valence-corrected chi connectivity index (χ4v) is 3.91. The highest BCUT2D eigenvalue weighted by atomic mass is 32.2. The van der Waals surface area contributed by atoms with E-state index in [0.29, 0.717) is 16.7 Å². The summed E-state index contributed by atoms with van der Waals surface area (Å²) in [5, 5.41) is 15.2. The van der Waals surface area contributed by atoms with E-state index in [1.54, 1.807) is 12.3 Å². The molecular weight excluding hydrogens is 394 g/mol.